The predicted octanol–water partition coefficient (Wildman–Crippen LogP) is 3.22. The van der Waals surface area contributed by atoms with Gasteiger partial charge in [-0.3, -0.25) is 9.59 Å². The quantitative estimate of drug-likeness (QED) is 0.682. The second kappa shape index (κ2) is 9.16. The van der Waals surface area contributed by atoms with Gasteiger partial charge in [0.25, 0.3) is 5.91 Å². The number of carbonyl (C=O) groups is 3. The fourth-order valence-electron chi connectivity index (χ4n) is 2.41. The molecule has 0 fully saturated rings. The normalized spacial score (nSPS) is 11.2. The van der Waals surface area contributed by atoms with Gasteiger partial charge in [-0.25, -0.2) is 4.79 Å². The van der Waals surface area contributed by atoms with Crippen molar-refractivity contribution in [3.05, 3.63) is 45.8 Å². The van der Waals surface area contributed by atoms with Crippen molar-refractivity contribution >= 4 is 35.1 Å². The molecule has 0 aliphatic heterocycles. The number of likely N-dealkylation sites (N-methyl/N-ethyl adjacent to an activating group) is 1. The molecule has 0 saturated carbocycles. The van der Waals surface area contributed by atoms with Crippen LogP contribution in [-0.4, -0.2) is 48.0 Å². The van der Waals surface area contributed by atoms with Crippen LogP contribution in [0.3, 0.4) is 0 Å². The summed E-state index contributed by atoms with van der Waals surface area (Å²) in [5.74, 6) is -2.02. The van der Waals surface area contributed by atoms with Crippen LogP contribution in [0, 0.1) is 13.8 Å². The maximum Gasteiger partial charge on any atom is 0.417 e. The molecule has 2 aromatic rings. The van der Waals surface area contributed by atoms with Crippen molar-refractivity contribution in [3.63, 3.8) is 0 Å². The molecule has 0 unspecified atom stereocenters. The summed E-state index contributed by atoms with van der Waals surface area (Å²) in [7, 11) is 1.27. The average Bonchev–Trinajstić information content (AvgIpc) is 2.98. The van der Waals surface area contributed by atoms with E-state index in [4.69, 9.17) is 20.9 Å². The van der Waals surface area contributed by atoms with Gasteiger partial charge in [0.15, 0.2) is 6.61 Å². The smallest absolute Gasteiger partial charge is 0.417 e. The van der Waals surface area contributed by atoms with Crippen LogP contribution in [0.5, 0.6) is 0 Å². The molecule has 1 aromatic carbocycles. The zero-order valence-electron chi connectivity index (χ0n) is 16.1. The highest BCUT2D eigenvalue weighted by atomic mass is 35.5. The van der Waals surface area contributed by atoms with Gasteiger partial charge in [0.1, 0.15) is 11.3 Å². The predicted molar refractivity (Wildman–Crippen MR) is 99.0 cm³/mol. The van der Waals surface area contributed by atoms with Crippen molar-refractivity contribution in [1.29, 1.82) is 0 Å². The lowest BCUT2D eigenvalue weighted by Crippen LogP contribution is -2.37. The highest BCUT2D eigenvalue weighted by molar-refractivity contribution is 6.31. The Morgan fingerprint density at radius 1 is 1.27 bits per heavy atom. The van der Waals surface area contributed by atoms with Gasteiger partial charge in [-0.1, -0.05) is 16.8 Å². The molecular formula is C18H17ClF3N3O5. The number of rotatable bonds is 6. The van der Waals surface area contributed by atoms with Gasteiger partial charge in [0.2, 0.25) is 5.91 Å². The van der Waals surface area contributed by atoms with Crippen LogP contribution in [0.25, 0.3) is 0 Å². The number of hydrogen-bond donors (Lipinski definition) is 1. The Morgan fingerprint density at radius 3 is 2.50 bits per heavy atom. The number of alkyl halides is 3. The molecule has 0 saturated heterocycles. The van der Waals surface area contributed by atoms with Crippen LogP contribution in [0.15, 0.2) is 22.7 Å². The fourth-order valence-corrected chi connectivity index (χ4v) is 2.63. The maximum absolute atomic E-state index is 12.9. The number of aromatic nitrogens is 1. The highest BCUT2D eigenvalue weighted by Crippen LogP contribution is 2.36. The van der Waals surface area contributed by atoms with Crippen LogP contribution in [0.4, 0.5) is 18.9 Å². The molecule has 1 aromatic heterocycles. The number of carbonyl (C=O) groups excluding carboxylic acids is 3. The van der Waals surface area contributed by atoms with E-state index in [1.165, 1.54) is 27.0 Å². The summed E-state index contributed by atoms with van der Waals surface area (Å²) < 4.78 is 48.4. The van der Waals surface area contributed by atoms with E-state index in [9.17, 15) is 27.6 Å². The first-order valence-corrected chi connectivity index (χ1v) is 8.78. The van der Waals surface area contributed by atoms with E-state index in [1.807, 2.05) is 0 Å². The van der Waals surface area contributed by atoms with Crippen molar-refractivity contribution in [2.75, 3.05) is 25.5 Å². The molecule has 0 bridgehead atoms. The third-order valence-corrected chi connectivity index (χ3v) is 4.26. The molecule has 162 valence electrons. The van der Waals surface area contributed by atoms with Crippen LogP contribution in [0.2, 0.25) is 5.02 Å². The lowest BCUT2D eigenvalue weighted by Gasteiger charge is -2.17. The molecule has 1 N–H and O–H groups in total. The van der Waals surface area contributed by atoms with E-state index >= 15 is 0 Å². The lowest BCUT2D eigenvalue weighted by molar-refractivity contribution is -0.137. The van der Waals surface area contributed by atoms with Gasteiger partial charge < -0.3 is 19.5 Å². The number of anilines is 1. The number of benzene rings is 1. The maximum atomic E-state index is 12.9. The van der Waals surface area contributed by atoms with E-state index in [0.717, 1.165) is 11.0 Å². The Kier molecular flexibility index (Phi) is 7.08. The fraction of sp³-hybridized carbons (Fsp3) is 0.333. The Bertz CT molecular complexity index is 955. The van der Waals surface area contributed by atoms with Crippen molar-refractivity contribution in [2.24, 2.45) is 0 Å². The molecule has 2 rings (SSSR count). The highest BCUT2D eigenvalue weighted by Gasteiger charge is 2.33. The van der Waals surface area contributed by atoms with Gasteiger partial charge in [-0.05, 0) is 32.0 Å². The average molecular weight is 448 g/mol. The minimum Gasteiger partial charge on any atom is -0.452 e. The van der Waals surface area contributed by atoms with Gasteiger partial charge in [0.05, 0.1) is 22.8 Å². The third kappa shape index (κ3) is 5.72. The van der Waals surface area contributed by atoms with Gasteiger partial charge in [-0.2, -0.15) is 13.2 Å². The number of amides is 2. The molecule has 8 nitrogen and oxygen atoms in total. The molecule has 0 aliphatic carbocycles. The molecule has 1 heterocycles. The topological polar surface area (TPSA) is 102 Å². The van der Waals surface area contributed by atoms with E-state index in [1.54, 1.807) is 0 Å². The SMILES string of the molecule is Cc1noc(C)c1C(=O)OCC(=O)N(C)CC(=O)Nc1ccc(Cl)c(C(F)(F)F)c1. The van der Waals surface area contributed by atoms with E-state index in [-0.39, 0.29) is 17.0 Å². The zero-order valence-corrected chi connectivity index (χ0v) is 16.8. The monoisotopic (exact) mass is 447 g/mol. The van der Waals surface area contributed by atoms with Crippen LogP contribution < -0.4 is 5.32 Å². The Morgan fingerprint density at radius 2 is 1.93 bits per heavy atom. The van der Waals surface area contributed by atoms with E-state index in [0.29, 0.717) is 11.8 Å². The molecule has 12 heteroatoms. The summed E-state index contributed by atoms with van der Waals surface area (Å²) in [5.41, 5.74) is -0.828. The Labute approximate surface area is 173 Å². The van der Waals surface area contributed by atoms with Crippen molar-refractivity contribution in [2.45, 2.75) is 20.0 Å². The first kappa shape index (κ1) is 23.2. The summed E-state index contributed by atoms with van der Waals surface area (Å²) in [5, 5.41) is 5.35. The molecule has 0 atom stereocenters. The molecule has 30 heavy (non-hydrogen) atoms. The van der Waals surface area contributed by atoms with Crippen LogP contribution >= 0.6 is 11.6 Å². The molecule has 0 aliphatic rings. The minimum atomic E-state index is -4.68. The van der Waals surface area contributed by atoms with Gasteiger partial charge in [-0.15, -0.1) is 0 Å². The lowest BCUT2D eigenvalue weighted by atomic mass is 10.2. The summed E-state index contributed by atoms with van der Waals surface area (Å²) in [6.07, 6.45) is -4.68. The van der Waals surface area contributed by atoms with Gasteiger partial charge in [0, 0.05) is 12.7 Å². The third-order valence-electron chi connectivity index (χ3n) is 3.93. The number of nitrogens with zero attached hydrogens (tertiary/aromatic N) is 2. The van der Waals surface area contributed by atoms with Crippen LogP contribution in [0.1, 0.15) is 27.4 Å². The number of esters is 1. The summed E-state index contributed by atoms with van der Waals surface area (Å²) in [6, 6.07) is 2.89. The van der Waals surface area contributed by atoms with Gasteiger partial charge >= 0.3 is 12.1 Å². The second-order valence-corrected chi connectivity index (χ2v) is 6.67. The Hall–Kier alpha value is -3.08. The van der Waals surface area contributed by atoms with Crippen molar-refractivity contribution in [1.82, 2.24) is 10.1 Å². The standard InChI is InChI=1S/C18H17ClF3N3O5/c1-9-16(10(2)30-24-9)17(28)29-8-15(27)25(3)7-14(26)23-11-4-5-13(19)12(6-11)18(20,21)22/h4-6H,7-8H2,1-3H3,(H,23,26). The Balaban J connectivity index is 1.91. The molecule has 0 spiro atoms. The molecule has 2 amide bonds. The first-order chi connectivity index (χ1) is 13.9. The summed E-state index contributed by atoms with van der Waals surface area (Å²) in [4.78, 5) is 37.1. The zero-order chi connectivity index (χ0) is 22.6. The van der Waals surface area contributed by atoms with Crippen molar-refractivity contribution < 1.29 is 36.8 Å². The van der Waals surface area contributed by atoms with E-state index < -0.39 is 47.7 Å². The number of halogens is 4. The molecular weight excluding hydrogens is 431 g/mol. The van der Waals surface area contributed by atoms with Crippen molar-refractivity contribution in [3.8, 4) is 0 Å². The van der Waals surface area contributed by atoms with Crippen LogP contribution in [-0.2, 0) is 20.5 Å². The van der Waals surface area contributed by atoms with E-state index in [2.05, 4.69) is 10.5 Å². The number of hydrogen-bond acceptors (Lipinski definition) is 6. The largest absolute Gasteiger partial charge is 0.452 e. The number of ether oxygens (including phenoxy) is 1. The second-order valence-electron chi connectivity index (χ2n) is 6.27. The number of aryl methyl sites for hydroxylation is 2. The first-order valence-electron chi connectivity index (χ1n) is 8.40. The number of nitrogens with one attached hydrogen (secondary N) is 1. The summed E-state index contributed by atoms with van der Waals surface area (Å²) in [6.45, 7) is 1.92. The molecule has 0 radical (unpaired) electrons. The summed E-state index contributed by atoms with van der Waals surface area (Å²) >= 11 is 5.52. The minimum absolute atomic E-state index is 0.103.